The first-order valence-electron chi connectivity index (χ1n) is 4.00. The average Bonchev–Trinajstić information content (AvgIpc) is 2.22. The number of hydrogen-bond acceptors (Lipinski definition) is 3. The molecule has 1 rings (SSSR count). The van der Waals surface area contributed by atoms with Gasteiger partial charge in [0.2, 0.25) is 0 Å². The van der Waals surface area contributed by atoms with Crippen LogP contribution < -0.4 is 5.73 Å². The third kappa shape index (κ3) is 1.73. The van der Waals surface area contributed by atoms with Crippen molar-refractivity contribution in [1.82, 2.24) is 0 Å². The molecule has 0 spiro atoms. The summed E-state index contributed by atoms with van der Waals surface area (Å²) in [5, 5.41) is 0. The molecule has 72 valence electrons. The van der Waals surface area contributed by atoms with Gasteiger partial charge in [0.25, 0.3) is 0 Å². The van der Waals surface area contributed by atoms with Crippen molar-refractivity contribution in [3.8, 4) is 0 Å². The van der Waals surface area contributed by atoms with Crippen LogP contribution in [0.2, 0.25) is 0 Å². The van der Waals surface area contributed by atoms with E-state index in [0.29, 0.717) is 5.57 Å². The first-order valence-corrected chi connectivity index (χ1v) is 5.65. The highest BCUT2D eigenvalue weighted by Crippen LogP contribution is 2.26. The first kappa shape index (κ1) is 10.2. The molecule has 0 saturated heterocycles. The van der Waals surface area contributed by atoms with Crippen LogP contribution in [-0.4, -0.2) is 20.2 Å². The van der Waals surface area contributed by atoms with Crippen LogP contribution in [0, 0.1) is 0 Å². The molecule has 1 heterocycles. The Hall–Kier alpha value is -0.870. The van der Waals surface area contributed by atoms with Crippen molar-refractivity contribution in [3.05, 3.63) is 35.3 Å². The third-order valence-electron chi connectivity index (χ3n) is 1.95. The Bertz CT molecular complexity index is 376. The molecule has 0 aromatic carbocycles. The monoisotopic (exact) mass is 199 g/mol. The highest BCUT2D eigenvalue weighted by atomic mass is 32.2. The molecule has 1 aliphatic heterocycles. The standard InChI is InChI=1S/C9H13NO2S/c1-3-5-7-8(10)6-13(11,12)9(7)4-2/h3-5,8H,2,6,10H2,1H3/b5-3-. The van der Waals surface area contributed by atoms with Gasteiger partial charge < -0.3 is 5.73 Å². The van der Waals surface area contributed by atoms with E-state index in [1.165, 1.54) is 6.08 Å². The molecule has 1 unspecified atom stereocenters. The lowest BCUT2D eigenvalue weighted by atomic mass is 10.1. The van der Waals surface area contributed by atoms with Crippen molar-refractivity contribution in [2.24, 2.45) is 5.73 Å². The Labute approximate surface area is 78.5 Å². The third-order valence-corrected chi connectivity index (χ3v) is 3.82. The predicted molar refractivity (Wildman–Crippen MR) is 53.8 cm³/mol. The lowest BCUT2D eigenvalue weighted by Crippen LogP contribution is -2.24. The van der Waals surface area contributed by atoms with Crippen molar-refractivity contribution in [1.29, 1.82) is 0 Å². The fourth-order valence-electron chi connectivity index (χ4n) is 1.41. The molecular formula is C9H13NO2S. The summed E-state index contributed by atoms with van der Waals surface area (Å²) in [6, 6.07) is -0.408. The quantitative estimate of drug-likeness (QED) is 0.714. The van der Waals surface area contributed by atoms with Gasteiger partial charge in [-0.15, -0.1) is 0 Å². The van der Waals surface area contributed by atoms with Gasteiger partial charge in [-0.2, -0.15) is 0 Å². The maximum atomic E-state index is 11.4. The second kappa shape index (κ2) is 3.47. The second-order valence-corrected chi connectivity index (χ2v) is 4.91. The maximum Gasteiger partial charge on any atom is 0.180 e. The van der Waals surface area contributed by atoms with E-state index in [2.05, 4.69) is 6.58 Å². The summed E-state index contributed by atoms with van der Waals surface area (Å²) in [6.45, 7) is 5.30. The molecule has 0 aliphatic carbocycles. The van der Waals surface area contributed by atoms with Crippen LogP contribution in [-0.2, 0) is 9.84 Å². The van der Waals surface area contributed by atoms with E-state index in [1.807, 2.05) is 6.92 Å². The van der Waals surface area contributed by atoms with E-state index in [9.17, 15) is 8.42 Å². The van der Waals surface area contributed by atoms with Crippen LogP contribution in [0.1, 0.15) is 6.92 Å². The van der Waals surface area contributed by atoms with Crippen LogP contribution in [0.5, 0.6) is 0 Å². The molecule has 1 aliphatic rings. The van der Waals surface area contributed by atoms with Crippen LogP contribution in [0.25, 0.3) is 0 Å². The fraction of sp³-hybridized carbons (Fsp3) is 0.333. The molecule has 13 heavy (non-hydrogen) atoms. The predicted octanol–water partition coefficient (Wildman–Crippen LogP) is 0.758. The molecular weight excluding hydrogens is 186 g/mol. The second-order valence-electron chi connectivity index (χ2n) is 2.91. The molecule has 4 heteroatoms. The Morgan fingerprint density at radius 2 is 2.23 bits per heavy atom. The first-order chi connectivity index (χ1) is 6.03. The molecule has 0 amide bonds. The summed E-state index contributed by atoms with van der Waals surface area (Å²) >= 11 is 0. The van der Waals surface area contributed by atoms with Crippen molar-refractivity contribution in [2.75, 3.05) is 5.75 Å². The zero-order valence-corrected chi connectivity index (χ0v) is 8.34. The van der Waals surface area contributed by atoms with Gasteiger partial charge in [0.05, 0.1) is 10.7 Å². The van der Waals surface area contributed by atoms with E-state index in [1.54, 1.807) is 12.2 Å². The van der Waals surface area contributed by atoms with Gasteiger partial charge in [0, 0.05) is 6.04 Å². The van der Waals surface area contributed by atoms with Gasteiger partial charge in [-0.25, -0.2) is 8.42 Å². The minimum Gasteiger partial charge on any atom is -0.323 e. The molecule has 0 bridgehead atoms. The van der Waals surface area contributed by atoms with Gasteiger partial charge in [-0.1, -0.05) is 24.8 Å². The number of rotatable bonds is 2. The molecule has 2 N–H and O–H groups in total. The van der Waals surface area contributed by atoms with Gasteiger partial charge in [-0.05, 0) is 12.5 Å². The minimum absolute atomic E-state index is 0.00593. The minimum atomic E-state index is -3.17. The van der Waals surface area contributed by atoms with Crippen molar-refractivity contribution in [2.45, 2.75) is 13.0 Å². The molecule has 0 radical (unpaired) electrons. The lowest BCUT2D eigenvalue weighted by Gasteiger charge is -2.00. The zero-order valence-electron chi connectivity index (χ0n) is 7.53. The van der Waals surface area contributed by atoms with Gasteiger partial charge in [0.15, 0.2) is 9.84 Å². The van der Waals surface area contributed by atoms with E-state index in [-0.39, 0.29) is 10.7 Å². The highest BCUT2D eigenvalue weighted by Gasteiger charge is 2.31. The summed E-state index contributed by atoms with van der Waals surface area (Å²) in [5.74, 6) is -0.00593. The van der Waals surface area contributed by atoms with Crippen molar-refractivity contribution in [3.63, 3.8) is 0 Å². The largest absolute Gasteiger partial charge is 0.323 e. The number of nitrogens with two attached hydrogens (primary N) is 1. The normalized spacial score (nSPS) is 27.1. The number of sulfone groups is 1. The summed E-state index contributed by atoms with van der Waals surface area (Å²) in [6.07, 6.45) is 4.86. The van der Waals surface area contributed by atoms with E-state index in [0.717, 1.165) is 0 Å². The zero-order chi connectivity index (χ0) is 10.1. The number of allylic oxidation sites excluding steroid dienone is 2. The Balaban J connectivity index is 3.32. The highest BCUT2D eigenvalue weighted by molar-refractivity contribution is 7.95. The summed E-state index contributed by atoms with van der Waals surface area (Å²) in [7, 11) is -3.17. The van der Waals surface area contributed by atoms with E-state index < -0.39 is 15.9 Å². The summed E-state index contributed by atoms with van der Waals surface area (Å²) in [4.78, 5) is 0.276. The molecule has 0 aromatic heterocycles. The Kier molecular flexibility index (Phi) is 2.73. The summed E-state index contributed by atoms with van der Waals surface area (Å²) in [5.41, 5.74) is 6.33. The molecule has 0 saturated carbocycles. The van der Waals surface area contributed by atoms with Crippen LogP contribution in [0.15, 0.2) is 35.3 Å². The Morgan fingerprint density at radius 3 is 2.69 bits per heavy atom. The van der Waals surface area contributed by atoms with Crippen LogP contribution in [0.3, 0.4) is 0 Å². The van der Waals surface area contributed by atoms with Gasteiger partial charge >= 0.3 is 0 Å². The molecule has 1 atom stereocenters. The van der Waals surface area contributed by atoms with Gasteiger partial charge in [0.1, 0.15) is 0 Å². The van der Waals surface area contributed by atoms with Crippen LogP contribution in [0.4, 0.5) is 0 Å². The van der Waals surface area contributed by atoms with Gasteiger partial charge in [-0.3, -0.25) is 0 Å². The van der Waals surface area contributed by atoms with Crippen LogP contribution >= 0.6 is 0 Å². The average molecular weight is 199 g/mol. The fourth-order valence-corrected chi connectivity index (χ4v) is 3.07. The Morgan fingerprint density at radius 1 is 1.62 bits per heavy atom. The molecule has 0 aromatic rings. The molecule has 3 nitrogen and oxygen atoms in total. The summed E-state index contributed by atoms with van der Waals surface area (Å²) < 4.78 is 22.9. The van der Waals surface area contributed by atoms with Crippen molar-refractivity contribution >= 4 is 9.84 Å². The SMILES string of the molecule is C=CC1=C(/C=C\C)C(N)CS1(=O)=O. The lowest BCUT2D eigenvalue weighted by molar-refractivity contribution is 0.603. The number of hydrogen-bond donors (Lipinski definition) is 1. The smallest absolute Gasteiger partial charge is 0.180 e. The maximum absolute atomic E-state index is 11.4. The van der Waals surface area contributed by atoms with Crippen molar-refractivity contribution < 1.29 is 8.42 Å². The topological polar surface area (TPSA) is 60.2 Å². The van der Waals surface area contributed by atoms with E-state index in [4.69, 9.17) is 5.73 Å². The van der Waals surface area contributed by atoms with E-state index >= 15 is 0 Å². The molecule has 0 fully saturated rings.